The number of anilines is 1. The van der Waals surface area contributed by atoms with Crippen LogP contribution in [0.3, 0.4) is 0 Å². The van der Waals surface area contributed by atoms with Crippen molar-refractivity contribution in [1.29, 1.82) is 0 Å². The fraction of sp³-hybridized carbons (Fsp3) is 0.562. The van der Waals surface area contributed by atoms with Gasteiger partial charge in [-0.25, -0.2) is 0 Å². The third-order valence-electron chi connectivity index (χ3n) is 3.27. The minimum absolute atomic E-state index is 0.0628. The van der Waals surface area contributed by atoms with Crippen molar-refractivity contribution in [3.05, 3.63) is 23.8 Å². The summed E-state index contributed by atoms with van der Waals surface area (Å²) >= 11 is 0. The Bertz CT molecular complexity index is 463. The van der Waals surface area contributed by atoms with Gasteiger partial charge in [-0.2, -0.15) is 0 Å². The zero-order valence-corrected chi connectivity index (χ0v) is 13.1. The molecule has 1 aromatic carbocycles. The van der Waals surface area contributed by atoms with Crippen molar-refractivity contribution in [1.82, 2.24) is 5.32 Å². The number of nitrogens with one attached hydrogen (secondary N) is 1. The predicted octanol–water partition coefficient (Wildman–Crippen LogP) is 2.44. The van der Waals surface area contributed by atoms with E-state index in [2.05, 4.69) is 5.32 Å². The lowest BCUT2D eigenvalue weighted by Gasteiger charge is -2.19. The van der Waals surface area contributed by atoms with Gasteiger partial charge in [0.25, 0.3) is 0 Å². The number of nitrogen functional groups attached to an aromatic ring is 1. The average Bonchev–Trinajstić information content (AvgIpc) is 2.43. The van der Waals surface area contributed by atoms with E-state index in [1.165, 1.54) is 0 Å². The van der Waals surface area contributed by atoms with Crippen molar-refractivity contribution in [2.24, 2.45) is 0 Å². The largest absolute Gasteiger partial charge is 0.491 e. The maximum absolute atomic E-state index is 11.0. The summed E-state index contributed by atoms with van der Waals surface area (Å²) in [6.07, 6.45) is 2.23. The topological polar surface area (TPSA) is 84.6 Å². The van der Waals surface area contributed by atoms with E-state index in [9.17, 15) is 4.79 Å². The Balaban J connectivity index is 2.62. The van der Waals surface area contributed by atoms with Crippen molar-refractivity contribution in [2.45, 2.75) is 52.1 Å². The second-order valence-electron chi connectivity index (χ2n) is 5.29. The summed E-state index contributed by atoms with van der Waals surface area (Å²) in [5.41, 5.74) is 7.66. The van der Waals surface area contributed by atoms with E-state index in [-0.39, 0.29) is 6.04 Å². The van der Waals surface area contributed by atoms with Crippen molar-refractivity contribution < 1.29 is 14.6 Å². The van der Waals surface area contributed by atoms with Gasteiger partial charge in [-0.15, -0.1) is 0 Å². The molecule has 0 aromatic heterocycles. The first-order valence-corrected chi connectivity index (χ1v) is 7.47. The van der Waals surface area contributed by atoms with Crippen LogP contribution in [0, 0.1) is 0 Å². The lowest BCUT2D eigenvalue weighted by Crippen LogP contribution is -2.42. The molecule has 118 valence electrons. The number of rotatable bonds is 9. The molecule has 0 aliphatic heterocycles. The van der Waals surface area contributed by atoms with Gasteiger partial charge in [-0.05, 0) is 43.9 Å². The fourth-order valence-corrected chi connectivity index (χ4v) is 2.19. The van der Waals surface area contributed by atoms with Gasteiger partial charge in [-0.1, -0.05) is 19.9 Å². The molecule has 0 amide bonds. The standard InChI is InChI=1S/C16H26N2O3/c1-4-8-21-15-7-6-12(10-13(15)17)9-11(3)18-14(5-2)16(19)20/h6-7,10-11,14,18H,4-5,8-9,17H2,1-3H3,(H,19,20). The molecule has 0 radical (unpaired) electrons. The summed E-state index contributed by atoms with van der Waals surface area (Å²) in [6, 6.07) is 5.30. The van der Waals surface area contributed by atoms with Crippen LogP contribution in [0.2, 0.25) is 0 Å². The normalized spacial score (nSPS) is 13.7. The second kappa shape index (κ2) is 8.52. The van der Waals surface area contributed by atoms with Crippen molar-refractivity contribution in [2.75, 3.05) is 12.3 Å². The number of nitrogens with two attached hydrogens (primary N) is 1. The van der Waals surface area contributed by atoms with Crippen LogP contribution >= 0.6 is 0 Å². The molecular formula is C16H26N2O3. The molecule has 0 bridgehead atoms. The van der Waals surface area contributed by atoms with Crippen LogP contribution < -0.4 is 15.8 Å². The Morgan fingerprint density at radius 2 is 2.14 bits per heavy atom. The highest BCUT2D eigenvalue weighted by Crippen LogP contribution is 2.23. The minimum atomic E-state index is -0.813. The molecule has 0 spiro atoms. The number of carboxylic acids is 1. The molecule has 1 rings (SSSR count). The molecule has 4 N–H and O–H groups in total. The van der Waals surface area contributed by atoms with Crippen LogP contribution in [0.5, 0.6) is 5.75 Å². The summed E-state index contributed by atoms with van der Waals surface area (Å²) < 4.78 is 5.54. The number of hydrogen-bond acceptors (Lipinski definition) is 4. The molecule has 0 aliphatic rings. The molecule has 2 atom stereocenters. The van der Waals surface area contributed by atoms with Crippen LogP contribution in [0.15, 0.2) is 18.2 Å². The Labute approximate surface area is 126 Å². The molecule has 0 saturated heterocycles. The molecule has 5 heteroatoms. The average molecular weight is 294 g/mol. The van der Waals surface area contributed by atoms with E-state index >= 15 is 0 Å². The Hall–Kier alpha value is -1.75. The van der Waals surface area contributed by atoms with Crippen LogP contribution in [0.4, 0.5) is 5.69 Å². The smallest absolute Gasteiger partial charge is 0.320 e. The van der Waals surface area contributed by atoms with Gasteiger partial charge in [0.2, 0.25) is 0 Å². The number of carbonyl (C=O) groups is 1. The lowest BCUT2D eigenvalue weighted by atomic mass is 10.0. The van der Waals surface area contributed by atoms with Crippen LogP contribution in [0.1, 0.15) is 39.2 Å². The number of aliphatic carboxylic acids is 1. The second-order valence-corrected chi connectivity index (χ2v) is 5.29. The van der Waals surface area contributed by atoms with Crippen molar-refractivity contribution in [3.63, 3.8) is 0 Å². The van der Waals surface area contributed by atoms with Gasteiger partial charge in [0, 0.05) is 6.04 Å². The first-order chi connectivity index (χ1) is 9.97. The maximum Gasteiger partial charge on any atom is 0.320 e. The Kier molecular flexibility index (Phi) is 7.02. The third-order valence-corrected chi connectivity index (χ3v) is 3.27. The maximum atomic E-state index is 11.0. The SMILES string of the molecule is CCCOc1ccc(CC(C)NC(CC)C(=O)O)cc1N. The summed E-state index contributed by atoms with van der Waals surface area (Å²) in [5.74, 6) is -0.106. The van der Waals surface area contributed by atoms with E-state index in [4.69, 9.17) is 15.6 Å². The third kappa shape index (κ3) is 5.63. The van der Waals surface area contributed by atoms with Gasteiger partial charge in [0.05, 0.1) is 12.3 Å². The predicted molar refractivity (Wildman–Crippen MR) is 84.7 cm³/mol. The number of carboxylic acid groups (broad SMARTS) is 1. The van der Waals surface area contributed by atoms with Crippen molar-refractivity contribution in [3.8, 4) is 5.75 Å². The number of ether oxygens (including phenoxy) is 1. The van der Waals surface area contributed by atoms with E-state index in [1.807, 2.05) is 39.0 Å². The number of hydrogen-bond donors (Lipinski definition) is 3. The highest BCUT2D eigenvalue weighted by atomic mass is 16.5. The van der Waals surface area contributed by atoms with Gasteiger partial charge in [-0.3, -0.25) is 4.79 Å². The zero-order valence-electron chi connectivity index (χ0n) is 13.1. The monoisotopic (exact) mass is 294 g/mol. The first kappa shape index (κ1) is 17.3. The Morgan fingerprint density at radius 3 is 2.67 bits per heavy atom. The fourth-order valence-electron chi connectivity index (χ4n) is 2.19. The summed E-state index contributed by atoms with van der Waals surface area (Å²) in [5, 5.41) is 12.2. The molecule has 5 nitrogen and oxygen atoms in total. The lowest BCUT2D eigenvalue weighted by molar-refractivity contribution is -0.139. The van der Waals surface area contributed by atoms with E-state index in [0.717, 1.165) is 18.4 Å². The van der Waals surface area contributed by atoms with E-state index < -0.39 is 12.0 Å². The van der Waals surface area contributed by atoms with E-state index in [0.29, 0.717) is 24.5 Å². The molecule has 0 fully saturated rings. The molecule has 2 unspecified atom stereocenters. The minimum Gasteiger partial charge on any atom is -0.491 e. The van der Waals surface area contributed by atoms with Crippen LogP contribution in [-0.4, -0.2) is 29.8 Å². The first-order valence-electron chi connectivity index (χ1n) is 7.47. The molecule has 0 aliphatic carbocycles. The van der Waals surface area contributed by atoms with Gasteiger partial charge >= 0.3 is 5.97 Å². The summed E-state index contributed by atoms with van der Waals surface area (Å²) in [7, 11) is 0. The van der Waals surface area contributed by atoms with E-state index in [1.54, 1.807) is 0 Å². The molecule has 0 saturated carbocycles. The van der Waals surface area contributed by atoms with Crippen LogP contribution in [0.25, 0.3) is 0 Å². The zero-order chi connectivity index (χ0) is 15.8. The van der Waals surface area contributed by atoms with Crippen molar-refractivity contribution >= 4 is 11.7 Å². The quantitative estimate of drug-likeness (QED) is 0.609. The highest BCUT2D eigenvalue weighted by molar-refractivity contribution is 5.73. The summed E-state index contributed by atoms with van der Waals surface area (Å²) in [4.78, 5) is 11.0. The molecule has 21 heavy (non-hydrogen) atoms. The molecule has 1 aromatic rings. The van der Waals surface area contributed by atoms with Crippen LogP contribution in [-0.2, 0) is 11.2 Å². The highest BCUT2D eigenvalue weighted by Gasteiger charge is 2.17. The summed E-state index contributed by atoms with van der Waals surface area (Å²) in [6.45, 7) is 6.53. The van der Waals surface area contributed by atoms with Gasteiger partial charge < -0.3 is 20.9 Å². The molecule has 0 heterocycles. The Morgan fingerprint density at radius 1 is 1.43 bits per heavy atom. The van der Waals surface area contributed by atoms with Gasteiger partial charge in [0.15, 0.2) is 0 Å². The number of benzene rings is 1. The van der Waals surface area contributed by atoms with Gasteiger partial charge in [0.1, 0.15) is 11.8 Å². The molecular weight excluding hydrogens is 268 g/mol.